The minimum Gasteiger partial charge on any atom is -0.458 e. The Labute approximate surface area is 209 Å². The molecule has 0 radical (unpaired) electrons. The van der Waals surface area contributed by atoms with Gasteiger partial charge in [-0.3, -0.25) is 4.79 Å². The first-order chi connectivity index (χ1) is 17.1. The fourth-order valence-corrected chi connectivity index (χ4v) is 3.59. The number of fused-ring (bicyclic) bond motifs is 1. The largest absolute Gasteiger partial charge is 0.534 e. The quantitative estimate of drug-likeness (QED) is 0.256. The number of ether oxygens (including phenoxy) is 2. The van der Waals surface area contributed by atoms with Crippen molar-refractivity contribution in [1.29, 1.82) is 0 Å². The highest BCUT2D eigenvalue weighted by molar-refractivity contribution is 7.88. The van der Waals surface area contributed by atoms with Crippen molar-refractivity contribution in [2.75, 3.05) is 7.11 Å². The fraction of sp³-hybridized carbons (Fsp3) is 0.348. The van der Waals surface area contributed by atoms with E-state index in [1.807, 2.05) is 0 Å². The van der Waals surface area contributed by atoms with E-state index in [0.717, 1.165) is 19.2 Å². The van der Waals surface area contributed by atoms with Crippen molar-refractivity contribution < 1.29 is 49.3 Å². The summed E-state index contributed by atoms with van der Waals surface area (Å²) in [7, 11) is -5.05. The summed E-state index contributed by atoms with van der Waals surface area (Å²) in [6.07, 6.45) is -0.448. The number of nitrogens with zero attached hydrogens (tertiary/aromatic N) is 1. The van der Waals surface area contributed by atoms with Crippen molar-refractivity contribution in [2.45, 2.75) is 44.3 Å². The summed E-state index contributed by atoms with van der Waals surface area (Å²) in [6.45, 7) is 4.85. The second-order valence-electron chi connectivity index (χ2n) is 8.71. The Morgan fingerprint density at radius 2 is 1.73 bits per heavy atom. The van der Waals surface area contributed by atoms with E-state index in [1.165, 1.54) is 0 Å². The van der Waals surface area contributed by atoms with Gasteiger partial charge in [-0.25, -0.2) is 4.79 Å². The first kappa shape index (κ1) is 27.8. The Kier molecular flexibility index (Phi) is 7.72. The van der Waals surface area contributed by atoms with Gasteiger partial charge in [-0.15, -0.1) is 0 Å². The number of carbonyl (C=O) groups excluding carboxylic acids is 2. The number of rotatable bonds is 8. The number of carbonyl (C=O) groups is 2. The van der Waals surface area contributed by atoms with Gasteiger partial charge in [0.25, 0.3) is 5.91 Å². The predicted octanol–water partition coefficient (Wildman–Crippen LogP) is 3.75. The van der Waals surface area contributed by atoms with E-state index in [4.69, 9.17) is 13.9 Å². The standard InChI is InChI=1S/C23H23F3N2O8S/c1-22(2,3)35-20(30)15(12-13-8-6-5-7-9-13)27-19(29)14-10-11-16-17(28-21(33-4)34-16)18(14)36-37(31,32)23(24,25)26/h5-11,15H,12H2,1-4H3,(H,27,29). The molecule has 0 saturated carbocycles. The van der Waals surface area contributed by atoms with Crippen LogP contribution in [0.3, 0.4) is 0 Å². The lowest BCUT2D eigenvalue weighted by Crippen LogP contribution is -2.45. The number of methoxy groups -OCH3 is 1. The molecule has 14 heteroatoms. The third kappa shape index (κ3) is 6.70. The Hall–Kier alpha value is -3.81. The van der Waals surface area contributed by atoms with Gasteiger partial charge < -0.3 is 23.4 Å². The van der Waals surface area contributed by atoms with Crippen LogP contribution in [-0.2, 0) is 26.1 Å². The summed E-state index contributed by atoms with van der Waals surface area (Å²) < 4.78 is 82.5. The maximum atomic E-state index is 13.2. The average molecular weight is 545 g/mol. The molecule has 2 aromatic carbocycles. The van der Waals surface area contributed by atoms with E-state index in [9.17, 15) is 31.2 Å². The highest BCUT2D eigenvalue weighted by atomic mass is 32.2. The van der Waals surface area contributed by atoms with Gasteiger partial charge in [0.2, 0.25) is 0 Å². The molecule has 1 aromatic heterocycles. The Morgan fingerprint density at radius 3 is 2.30 bits per heavy atom. The molecule has 0 bridgehead atoms. The van der Waals surface area contributed by atoms with Crippen molar-refractivity contribution >= 4 is 33.1 Å². The van der Waals surface area contributed by atoms with Crippen molar-refractivity contribution in [3.8, 4) is 11.8 Å². The molecule has 37 heavy (non-hydrogen) atoms. The highest BCUT2D eigenvalue weighted by Crippen LogP contribution is 2.36. The molecule has 1 atom stereocenters. The molecular formula is C23H23F3N2O8S. The van der Waals surface area contributed by atoms with Gasteiger partial charge in [0, 0.05) is 6.42 Å². The minimum atomic E-state index is -6.21. The highest BCUT2D eigenvalue weighted by Gasteiger charge is 2.49. The van der Waals surface area contributed by atoms with Crippen LogP contribution in [0.2, 0.25) is 0 Å². The van der Waals surface area contributed by atoms with Crippen LogP contribution in [0, 0.1) is 0 Å². The minimum absolute atomic E-state index is 0.0292. The van der Waals surface area contributed by atoms with Crippen LogP contribution in [0.5, 0.6) is 11.8 Å². The monoisotopic (exact) mass is 544 g/mol. The smallest absolute Gasteiger partial charge is 0.458 e. The molecule has 0 saturated heterocycles. The third-order valence-corrected chi connectivity index (χ3v) is 5.62. The van der Waals surface area contributed by atoms with E-state index in [-0.39, 0.29) is 12.0 Å². The van der Waals surface area contributed by atoms with E-state index in [0.29, 0.717) is 5.56 Å². The summed E-state index contributed by atoms with van der Waals surface area (Å²) in [5.41, 5.74) is -7.46. The zero-order valence-corrected chi connectivity index (χ0v) is 20.9. The van der Waals surface area contributed by atoms with Gasteiger partial charge in [-0.1, -0.05) is 30.3 Å². The summed E-state index contributed by atoms with van der Waals surface area (Å²) >= 11 is 0. The molecule has 0 aliphatic rings. The molecule has 0 aliphatic heterocycles. The van der Waals surface area contributed by atoms with Crippen molar-refractivity contribution in [3.05, 3.63) is 53.6 Å². The maximum Gasteiger partial charge on any atom is 0.534 e. The van der Waals surface area contributed by atoms with Gasteiger partial charge in [0.15, 0.2) is 16.8 Å². The second kappa shape index (κ2) is 10.3. The van der Waals surface area contributed by atoms with Crippen LogP contribution >= 0.6 is 0 Å². The molecular weight excluding hydrogens is 521 g/mol. The van der Waals surface area contributed by atoms with Gasteiger partial charge in [0.1, 0.15) is 11.6 Å². The molecule has 0 fully saturated rings. The van der Waals surface area contributed by atoms with Crippen molar-refractivity contribution in [2.24, 2.45) is 0 Å². The van der Waals surface area contributed by atoms with Crippen LogP contribution in [-0.4, -0.2) is 49.5 Å². The SMILES string of the molecule is COc1nc2c(OS(=O)(=O)C(F)(F)F)c(C(=O)NC(Cc3ccccc3)C(=O)OC(C)(C)C)ccc2o1. The van der Waals surface area contributed by atoms with Crippen LogP contribution in [0.4, 0.5) is 13.2 Å². The molecule has 3 rings (SSSR count). The predicted molar refractivity (Wildman–Crippen MR) is 123 cm³/mol. The van der Waals surface area contributed by atoms with E-state index < -0.39 is 62.1 Å². The van der Waals surface area contributed by atoms with Crippen LogP contribution in [0.15, 0.2) is 46.9 Å². The number of oxazole rings is 1. The maximum absolute atomic E-state index is 13.2. The Balaban J connectivity index is 2.05. The number of aromatic nitrogens is 1. The molecule has 1 heterocycles. The van der Waals surface area contributed by atoms with E-state index in [1.54, 1.807) is 51.1 Å². The molecule has 1 unspecified atom stereocenters. The first-order valence-corrected chi connectivity index (χ1v) is 12.1. The fourth-order valence-electron chi connectivity index (χ4n) is 3.11. The van der Waals surface area contributed by atoms with Crippen molar-refractivity contribution in [1.82, 2.24) is 10.3 Å². The normalized spacial score (nSPS) is 13.2. The topological polar surface area (TPSA) is 134 Å². The average Bonchev–Trinajstić information content (AvgIpc) is 3.21. The van der Waals surface area contributed by atoms with Gasteiger partial charge in [-0.2, -0.15) is 26.6 Å². The van der Waals surface area contributed by atoms with E-state index >= 15 is 0 Å². The summed E-state index contributed by atoms with van der Waals surface area (Å²) in [6, 6.07) is 9.40. The molecule has 3 aromatic rings. The molecule has 1 N–H and O–H groups in total. The number of alkyl halides is 3. The van der Waals surface area contributed by atoms with Gasteiger partial charge >= 0.3 is 27.7 Å². The zero-order valence-electron chi connectivity index (χ0n) is 20.1. The second-order valence-corrected chi connectivity index (χ2v) is 10.2. The van der Waals surface area contributed by atoms with Gasteiger partial charge in [0.05, 0.1) is 12.7 Å². The van der Waals surface area contributed by atoms with Crippen molar-refractivity contribution in [3.63, 3.8) is 0 Å². The van der Waals surface area contributed by atoms with Crippen LogP contribution in [0.1, 0.15) is 36.7 Å². The molecule has 1 amide bonds. The summed E-state index contributed by atoms with van der Waals surface area (Å²) in [5.74, 6) is -3.00. The van der Waals surface area contributed by atoms with E-state index in [2.05, 4.69) is 14.5 Å². The lowest BCUT2D eigenvalue weighted by molar-refractivity contribution is -0.157. The number of hydrogen-bond donors (Lipinski definition) is 1. The lowest BCUT2D eigenvalue weighted by Gasteiger charge is -2.25. The summed E-state index contributed by atoms with van der Waals surface area (Å²) in [4.78, 5) is 29.9. The molecule has 10 nitrogen and oxygen atoms in total. The Bertz CT molecular complexity index is 1400. The molecule has 0 aliphatic carbocycles. The summed E-state index contributed by atoms with van der Waals surface area (Å²) in [5, 5.41) is 2.40. The van der Waals surface area contributed by atoms with Crippen LogP contribution < -0.4 is 14.2 Å². The number of amides is 1. The zero-order chi connectivity index (χ0) is 27.6. The number of esters is 1. The third-order valence-electron chi connectivity index (χ3n) is 4.67. The van der Waals surface area contributed by atoms with Gasteiger partial charge in [-0.05, 0) is 38.5 Å². The lowest BCUT2D eigenvalue weighted by atomic mass is 10.0. The number of halogens is 3. The number of nitrogens with one attached hydrogen (secondary N) is 1. The molecule has 200 valence electrons. The first-order valence-electron chi connectivity index (χ1n) is 10.7. The van der Waals surface area contributed by atoms with Crippen LogP contribution in [0.25, 0.3) is 11.1 Å². The number of benzene rings is 2. The Morgan fingerprint density at radius 1 is 1.08 bits per heavy atom. The molecule has 0 spiro atoms. The number of hydrogen-bond acceptors (Lipinski definition) is 9.